The third-order valence-electron chi connectivity index (χ3n) is 5.75. The lowest BCUT2D eigenvalue weighted by Gasteiger charge is -2.42. The van der Waals surface area contributed by atoms with Crippen LogP contribution in [0.4, 0.5) is 0 Å². The fourth-order valence-corrected chi connectivity index (χ4v) is 4.06. The molecule has 0 amide bonds. The lowest BCUT2D eigenvalue weighted by molar-refractivity contribution is 0.0962. The van der Waals surface area contributed by atoms with Crippen LogP contribution in [0.2, 0.25) is 0 Å². The zero-order chi connectivity index (χ0) is 13.3. The Morgan fingerprint density at radius 2 is 1.74 bits per heavy atom. The summed E-state index contributed by atoms with van der Waals surface area (Å²) in [6.45, 7) is 10.2. The van der Waals surface area contributed by atoms with Crippen molar-refractivity contribution in [1.29, 1.82) is 0 Å². The van der Waals surface area contributed by atoms with Gasteiger partial charge in [-0.2, -0.15) is 0 Å². The molecule has 3 fully saturated rings. The van der Waals surface area contributed by atoms with Crippen LogP contribution in [0.25, 0.3) is 0 Å². The van der Waals surface area contributed by atoms with Gasteiger partial charge in [0, 0.05) is 25.7 Å². The molecule has 0 aromatic rings. The van der Waals surface area contributed by atoms with Crippen LogP contribution in [0.3, 0.4) is 0 Å². The maximum atomic E-state index is 3.84. The van der Waals surface area contributed by atoms with Crippen molar-refractivity contribution in [2.24, 2.45) is 17.3 Å². The van der Waals surface area contributed by atoms with Crippen molar-refractivity contribution in [3.63, 3.8) is 0 Å². The molecule has 0 radical (unpaired) electrons. The number of nitrogens with one attached hydrogen (secondary N) is 1. The summed E-state index contributed by atoms with van der Waals surface area (Å²) >= 11 is 0. The summed E-state index contributed by atoms with van der Waals surface area (Å²) in [5.41, 5.74) is 0.596. The van der Waals surface area contributed by atoms with Gasteiger partial charge in [0.25, 0.3) is 0 Å². The third-order valence-corrected chi connectivity index (χ3v) is 5.75. The lowest BCUT2D eigenvalue weighted by atomic mass is 9.70. The van der Waals surface area contributed by atoms with E-state index < -0.39 is 0 Å². The number of rotatable bonds is 5. The van der Waals surface area contributed by atoms with Crippen LogP contribution in [-0.4, -0.2) is 37.1 Å². The number of likely N-dealkylation sites (tertiary alicyclic amines) is 1. The lowest BCUT2D eigenvalue weighted by Crippen LogP contribution is -2.46. The molecule has 3 rings (SSSR count). The van der Waals surface area contributed by atoms with Gasteiger partial charge in [-0.15, -0.1) is 0 Å². The van der Waals surface area contributed by atoms with Crippen LogP contribution in [0.15, 0.2) is 0 Å². The van der Waals surface area contributed by atoms with Crippen LogP contribution in [0, 0.1) is 17.3 Å². The SMILES string of the molecule is CC1CCC(CNC2CC2)(CN2CCC(C)C2)CC1. The quantitative estimate of drug-likeness (QED) is 0.820. The molecule has 1 saturated heterocycles. The number of hydrogen-bond acceptors (Lipinski definition) is 2. The number of hydrogen-bond donors (Lipinski definition) is 1. The van der Waals surface area contributed by atoms with Gasteiger partial charge in [-0.1, -0.05) is 26.7 Å². The van der Waals surface area contributed by atoms with Crippen molar-refractivity contribution in [1.82, 2.24) is 10.2 Å². The summed E-state index contributed by atoms with van der Waals surface area (Å²) in [5, 5.41) is 3.84. The summed E-state index contributed by atoms with van der Waals surface area (Å²) in [4.78, 5) is 2.76. The molecule has 2 heteroatoms. The van der Waals surface area contributed by atoms with Crippen molar-refractivity contribution in [2.45, 2.75) is 64.8 Å². The van der Waals surface area contributed by atoms with Crippen LogP contribution in [0.1, 0.15) is 58.8 Å². The van der Waals surface area contributed by atoms with E-state index in [-0.39, 0.29) is 0 Å². The molecule has 0 aromatic heterocycles. The highest BCUT2D eigenvalue weighted by Crippen LogP contribution is 2.40. The zero-order valence-corrected chi connectivity index (χ0v) is 13.0. The topological polar surface area (TPSA) is 15.3 Å². The molecule has 2 saturated carbocycles. The summed E-state index contributed by atoms with van der Waals surface area (Å²) in [5.74, 6) is 1.89. The van der Waals surface area contributed by atoms with Gasteiger partial charge in [0.15, 0.2) is 0 Å². The molecule has 3 aliphatic rings. The highest BCUT2D eigenvalue weighted by atomic mass is 15.2. The minimum atomic E-state index is 0.596. The predicted octanol–water partition coefficient (Wildman–Crippen LogP) is 3.28. The molecule has 19 heavy (non-hydrogen) atoms. The van der Waals surface area contributed by atoms with Crippen molar-refractivity contribution >= 4 is 0 Å². The third kappa shape index (κ3) is 3.72. The van der Waals surface area contributed by atoms with Crippen molar-refractivity contribution in [3.8, 4) is 0 Å². The first kappa shape index (κ1) is 13.9. The molecule has 1 unspecified atom stereocenters. The Bertz CT molecular complexity index is 290. The van der Waals surface area contributed by atoms with E-state index in [0.717, 1.165) is 17.9 Å². The Morgan fingerprint density at radius 3 is 2.32 bits per heavy atom. The Hall–Kier alpha value is -0.0800. The Labute approximate surface area is 119 Å². The van der Waals surface area contributed by atoms with Gasteiger partial charge in [-0.25, -0.2) is 0 Å². The normalized spacial score (nSPS) is 40.7. The van der Waals surface area contributed by atoms with E-state index in [0.29, 0.717) is 5.41 Å². The first-order valence-corrected chi connectivity index (χ1v) is 8.61. The summed E-state index contributed by atoms with van der Waals surface area (Å²) in [6, 6.07) is 0.869. The second-order valence-electron chi connectivity index (χ2n) is 7.97. The summed E-state index contributed by atoms with van der Waals surface area (Å²) in [6.07, 6.45) is 10.1. The van der Waals surface area contributed by atoms with Gasteiger partial charge in [-0.3, -0.25) is 0 Å². The smallest absolute Gasteiger partial charge is 0.00684 e. The second-order valence-corrected chi connectivity index (χ2v) is 7.97. The molecule has 0 spiro atoms. The van der Waals surface area contributed by atoms with Crippen LogP contribution in [-0.2, 0) is 0 Å². The maximum Gasteiger partial charge on any atom is 0.00684 e. The predicted molar refractivity (Wildman–Crippen MR) is 81.3 cm³/mol. The molecule has 1 atom stereocenters. The first-order chi connectivity index (χ1) is 9.15. The van der Waals surface area contributed by atoms with Gasteiger partial charge in [0.2, 0.25) is 0 Å². The van der Waals surface area contributed by atoms with E-state index in [1.807, 2.05) is 0 Å². The van der Waals surface area contributed by atoms with Gasteiger partial charge >= 0.3 is 0 Å². The van der Waals surface area contributed by atoms with Gasteiger partial charge < -0.3 is 10.2 Å². The van der Waals surface area contributed by atoms with E-state index in [1.165, 1.54) is 71.1 Å². The van der Waals surface area contributed by atoms with Crippen LogP contribution < -0.4 is 5.32 Å². The highest BCUT2D eigenvalue weighted by Gasteiger charge is 2.38. The van der Waals surface area contributed by atoms with Gasteiger partial charge in [0.1, 0.15) is 0 Å². The van der Waals surface area contributed by atoms with E-state index in [1.54, 1.807) is 0 Å². The largest absolute Gasteiger partial charge is 0.313 e. The molecule has 0 bridgehead atoms. The zero-order valence-electron chi connectivity index (χ0n) is 13.0. The fraction of sp³-hybridized carbons (Fsp3) is 1.00. The first-order valence-electron chi connectivity index (χ1n) is 8.61. The monoisotopic (exact) mass is 264 g/mol. The molecular weight excluding hydrogens is 232 g/mol. The van der Waals surface area contributed by atoms with Crippen LogP contribution in [0.5, 0.6) is 0 Å². The summed E-state index contributed by atoms with van der Waals surface area (Å²) < 4.78 is 0. The van der Waals surface area contributed by atoms with Crippen LogP contribution >= 0.6 is 0 Å². The molecule has 1 aliphatic heterocycles. The van der Waals surface area contributed by atoms with Crippen molar-refractivity contribution < 1.29 is 0 Å². The average Bonchev–Trinajstić information content (AvgIpc) is 3.14. The molecule has 0 aromatic carbocycles. The maximum absolute atomic E-state index is 3.84. The molecule has 1 N–H and O–H groups in total. The van der Waals surface area contributed by atoms with E-state index >= 15 is 0 Å². The standard InChI is InChI=1S/C17H32N2/c1-14-5-8-17(9-6-14,12-18-16-3-4-16)13-19-10-7-15(2)11-19/h14-16,18H,3-13H2,1-2H3. The van der Waals surface area contributed by atoms with Crippen molar-refractivity contribution in [2.75, 3.05) is 26.2 Å². The Morgan fingerprint density at radius 1 is 1.00 bits per heavy atom. The minimum Gasteiger partial charge on any atom is -0.313 e. The average molecular weight is 264 g/mol. The molecular formula is C17H32N2. The summed E-state index contributed by atoms with van der Waals surface area (Å²) in [7, 11) is 0. The van der Waals surface area contributed by atoms with E-state index in [4.69, 9.17) is 0 Å². The Kier molecular flexibility index (Phi) is 4.19. The van der Waals surface area contributed by atoms with Crippen molar-refractivity contribution in [3.05, 3.63) is 0 Å². The minimum absolute atomic E-state index is 0.596. The van der Waals surface area contributed by atoms with E-state index in [9.17, 15) is 0 Å². The molecule has 1 heterocycles. The number of nitrogens with zero attached hydrogens (tertiary/aromatic N) is 1. The second kappa shape index (κ2) is 5.73. The highest BCUT2D eigenvalue weighted by molar-refractivity contribution is 4.93. The molecule has 2 nitrogen and oxygen atoms in total. The van der Waals surface area contributed by atoms with Gasteiger partial charge in [0.05, 0.1) is 0 Å². The van der Waals surface area contributed by atoms with Gasteiger partial charge in [-0.05, 0) is 55.9 Å². The fourth-order valence-electron chi connectivity index (χ4n) is 4.06. The van der Waals surface area contributed by atoms with E-state index in [2.05, 4.69) is 24.1 Å². The molecule has 110 valence electrons. The molecule has 2 aliphatic carbocycles. The Balaban J connectivity index is 1.57.